The fourth-order valence-electron chi connectivity index (χ4n) is 3.04. The summed E-state index contributed by atoms with van der Waals surface area (Å²) in [5.41, 5.74) is 12.0. The summed E-state index contributed by atoms with van der Waals surface area (Å²) in [6, 6.07) is 8.76. The number of anilines is 3. The topological polar surface area (TPSA) is 204 Å². The molecule has 0 aliphatic heterocycles. The fourth-order valence-corrected chi connectivity index (χ4v) is 3.20. The van der Waals surface area contributed by atoms with Crippen LogP contribution in [-0.2, 0) is 17.8 Å². The molecule has 0 saturated heterocycles. The number of nitrogens with one attached hydrogen (secondary N) is 2. The number of esters is 1. The van der Waals surface area contributed by atoms with Crippen LogP contribution in [0.1, 0.15) is 32.1 Å². The van der Waals surface area contributed by atoms with Crippen molar-refractivity contribution in [1.82, 2.24) is 19.4 Å². The molecule has 35 heavy (non-hydrogen) atoms. The molecule has 0 spiro atoms. The molecule has 0 saturated carbocycles. The van der Waals surface area contributed by atoms with Crippen molar-refractivity contribution in [2.75, 3.05) is 23.9 Å². The molecular weight excluding hydrogens is 482 g/mol. The lowest BCUT2D eigenvalue weighted by Crippen LogP contribution is -2.36. The molecule has 0 unspecified atom stereocenters. The molecule has 182 valence electrons. The Bertz CT molecular complexity index is 1480. The van der Waals surface area contributed by atoms with E-state index in [9.17, 15) is 19.2 Å². The van der Waals surface area contributed by atoms with Gasteiger partial charge in [0.15, 0.2) is 17.0 Å². The van der Waals surface area contributed by atoms with Crippen LogP contribution < -0.4 is 32.5 Å². The lowest BCUT2D eigenvalue weighted by atomic mass is 10.1. The van der Waals surface area contributed by atoms with Crippen molar-refractivity contribution >= 4 is 46.4 Å². The molecule has 0 aliphatic rings. The molecule has 2 aromatic carbocycles. The Morgan fingerprint density at radius 1 is 1.14 bits per heavy atom. The van der Waals surface area contributed by atoms with Gasteiger partial charge in [-0.1, -0.05) is 24.3 Å². The lowest BCUT2D eigenvalue weighted by molar-refractivity contribution is 0.0590. The number of methoxy groups -OCH3 is 1. The highest BCUT2D eigenvalue weighted by atomic mass is 35.5. The van der Waals surface area contributed by atoms with Crippen molar-refractivity contribution in [3.63, 3.8) is 0 Å². The molecule has 14 heteroatoms. The molecule has 0 aliphatic carbocycles. The summed E-state index contributed by atoms with van der Waals surface area (Å²) in [6.45, 7) is 0.989. The van der Waals surface area contributed by atoms with Gasteiger partial charge in [-0.15, -0.1) is 0 Å². The zero-order chi connectivity index (χ0) is 25.7. The molecule has 13 nitrogen and oxygen atoms in total. The van der Waals surface area contributed by atoms with E-state index in [1.54, 1.807) is 0 Å². The number of aromatic nitrogens is 3. The van der Waals surface area contributed by atoms with E-state index < -0.39 is 22.8 Å². The van der Waals surface area contributed by atoms with E-state index in [1.807, 2.05) is 24.3 Å². The average Bonchev–Trinajstić information content (AvgIpc) is 3.24. The predicted octanol–water partition coefficient (Wildman–Crippen LogP) is 0.517. The third kappa shape index (κ3) is 5.37. The van der Waals surface area contributed by atoms with Gasteiger partial charge >= 0.3 is 11.9 Å². The molecular formula is C21H20ClN7O6. The van der Waals surface area contributed by atoms with Crippen LogP contribution in [-0.4, -0.2) is 38.8 Å². The first-order chi connectivity index (χ1) is 16.7. The second-order valence-electron chi connectivity index (χ2n) is 7.09. The van der Waals surface area contributed by atoms with E-state index in [0.717, 1.165) is 21.7 Å². The number of hydrogen-bond donors (Lipinski definition) is 5. The van der Waals surface area contributed by atoms with Gasteiger partial charge in [-0.25, -0.2) is 23.9 Å². The Labute approximate surface area is 202 Å². The molecule has 4 aromatic rings. The molecule has 2 aromatic heterocycles. The molecule has 0 atom stereocenters. The number of nitrogen functional groups attached to an aromatic ring is 2. The number of fused-ring (bicyclic) bond motifs is 1. The van der Waals surface area contributed by atoms with Crippen LogP contribution >= 0.6 is 11.8 Å². The van der Waals surface area contributed by atoms with Gasteiger partial charge in [0.05, 0.1) is 19.0 Å². The Morgan fingerprint density at radius 3 is 2.43 bits per heavy atom. The number of carbonyl (C=O) groups excluding carboxylic acids is 1. The number of benzene rings is 1. The second-order valence-corrected chi connectivity index (χ2v) is 7.36. The van der Waals surface area contributed by atoms with Gasteiger partial charge in [0, 0.05) is 19.2 Å². The molecule has 4 rings (SSSR count). The Morgan fingerprint density at radius 2 is 1.83 bits per heavy atom. The average molecular weight is 502 g/mol. The Kier molecular flexibility index (Phi) is 7.63. The van der Waals surface area contributed by atoms with Crippen molar-refractivity contribution in [2.45, 2.75) is 13.1 Å². The SMILES string of the molecule is COC(=O)c1cc(C(=O)O)nc2c(N)cnn12.Nc1c(NCc2cccc(CNCl)c2)c(=O)c1=O. The minimum absolute atomic E-state index is 0.0126. The first kappa shape index (κ1) is 25.1. The summed E-state index contributed by atoms with van der Waals surface area (Å²) in [6.07, 6.45) is 1.28. The second kappa shape index (κ2) is 10.6. The summed E-state index contributed by atoms with van der Waals surface area (Å²) in [7, 11) is 1.18. The molecule has 0 bridgehead atoms. The van der Waals surface area contributed by atoms with Gasteiger partial charge in [-0.3, -0.25) is 9.59 Å². The van der Waals surface area contributed by atoms with Crippen molar-refractivity contribution < 1.29 is 19.4 Å². The van der Waals surface area contributed by atoms with Crippen molar-refractivity contribution in [3.8, 4) is 0 Å². The zero-order valence-corrected chi connectivity index (χ0v) is 19.0. The van der Waals surface area contributed by atoms with Gasteiger partial charge in [-0.2, -0.15) is 5.10 Å². The highest BCUT2D eigenvalue weighted by molar-refractivity contribution is 6.13. The van der Waals surface area contributed by atoms with Crippen molar-refractivity contribution in [1.29, 1.82) is 0 Å². The van der Waals surface area contributed by atoms with Gasteiger partial charge in [0.1, 0.15) is 11.4 Å². The van der Waals surface area contributed by atoms with Crippen LogP contribution in [0.2, 0.25) is 0 Å². The first-order valence-electron chi connectivity index (χ1n) is 9.87. The standard InChI is InChI=1S/C12H12ClN3O2.C9H8N4O4/c13-16-6-8-3-1-2-7(4-8)5-15-10-9(14)11(17)12(10)18;1-17-9(16)6-2-5(8(14)15)12-7-4(10)3-11-13(6)7/h1-4,15-16H,5-6,14H2;2-3H,10H2,1H3,(H,14,15). The minimum Gasteiger partial charge on any atom is -0.477 e. The predicted molar refractivity (Wildman–Crippen MR) is 128 cm³/mol. The van der Waals surface area contributed by atoms with Gasteiger partial charge in [0.25, 0.3) is 10.9 Å². The number of carboxylic acid groups (broad SMARTS) is 1. The molecule has 7 N–H and O–H groups in total. The van der Waals surface area contributed by atoms with Gasteiger partial charge in [-0.05, 0) is 22.9 Å². The number of ether oxygens (including phenoxy) is 1. The highest BCUT2D eigenvalue weighted by Crippen LogP contribution is 2.15. The third-order valence-electron chi connectivity index (χ3n) is 4.79. The lowest BCUT2D eigenvalue weighted by Gasteiger charge is -2.10. The number of halogens is 1. The number of aromatic carboxylic acids is 1. The number of hydrogen-bond acceptors (Lipinski definition) is 11. The number of nitrogens with two attached hydrogens (primary N) is 2. The summed E-state index contributed by atoms with van der Waals surface area (Å²) in [5, 5.41) is 15.6. The maximum atomic E-state index is 11.5. The summed E-state index contributed by atoms with van der Waals surface area (Å²) >= 11 is 5.43. The number of carbonyl (C=O) groups is 2. The third-order valence-corrected chi connectivity index (χ3v) is 4.93. The first-order valence-corrected chi connectivity index (χ1v) is 10.3. The van der Waals surface area contributed by atoms with E-state index in [0.29, 0.717) is 13.1 Å². The smallest absolute Gasteiger partial charge is 0.356 e. The number of rotatable bonds is 7. The van der Waals surface area contributed by atoms with E-state index in [-0.39, 0.29) is 34.1 Å². The van der Waals surface area contributed by atoms with Crippen LogP contribution in [0.5, 0.6) is 0 Å². The molecule has 0 radical (unpaired) electrons. The molecule has 0 amide bonds. The van der Waals surface area contributed by atoms with Crippen molar-refractivity contribution in [2.24, 2.45) is 0 Å². The normalized spacial score (nSPS) is 10.6. The maximum absolute atomic E-state index is 11.5. The fraction of sp³-hybridized carbons (Fsp3) is 0.143. The van der Waals surface area contributed by atoms with Crippen LogP contribution in [0.25, 0.3) is 5.65 Å². The zero-order valence-electron chi connectivity index (χ0n) is 18.2. The molecule has 0 fully saturated rings. The van der Waals surface area contributed by atoms with Gasteiger partial charge in [0.2, 0.25) is 0 Å². The Balaban J connectivity index is 0.000000196. The van der Waals surface area contributed by atoms with E-state index in [4.69, 9.17) is 28.4 Å². The van der Waals surface area contributed by atoms with Crippen LogP contribution in [0.3, 0.4) is 0 Å². The molecule has 2 heterocycles. The number of nitrogens with zero attached hydrogens (tertiary/aromatic N) is 3. The highest BCUT2D eigenvalue weighted by Gasteiger charge is 2.19. The quantitative estimate of drug-likeness (QED) is 0.133. The number of carboxylic acids is 1. The summed E-state index contributed by atoms with van der Waals surface area (Å²) in [5.74, 6) is -1.98. The van der Waals surface area contributed by atoms with E-state index >= 15 is 0 Å². The van der Waals surface area contributed by atoms with Crippen molar-refractivity contribution in [3.05, 3.63) is 79.5 Å². The Hall–Kier alpha value is -4.49. The summed E-state index contributed by atoms with van der Waals surface area (Å²) < 4.78 is 5.66. The van der Waals surface area contributed by atoms with Gasteiger partial charge < -0.3 is 26.6 Å². The monoisotopic (exact) mass is 501 g/mol. The van der Waals surface area contributed by atoms with Crippen LogP contribution in [0.15, 0.2) is 46.1 Å². The van der Waals surface area contributed by atoms with Crippen LogP contribution in [0.4, 0.5) is 17.1 Å². The largest absolute Gasteiger partial charge is 0.477 e. The van der Waals surface area contributed by atoms with Crippen LogP contribution in [0, 0.1) is 0 Å². The maximum Gasteiger partial charge on any atom is 0.356 e. The minimum atomic E-state index is -1.27. The van der Waals surface area contributed by atoms with E-state index in [2.05, 4.69) is 25.0 Å². The van der Waals surface area contributed by atoms with E-state index in [1.165, 1.54) is 13.3 Å². The summed E-state index contributed by atoms with van der Waals surface area (Å²) in [4.78, 5) is 50.8.